The van der Waals surface area contributed by atoms with Crippen molar-refractivity contribution in [1.82, 2.24) is 0 Å². The van der Waals surface area contributed by atoms with E-state index in [0.29, 0.717) is 0 Å². The number of nitrogens with two attached hydrogens (primary N) is 1. The highest BCUT2D eigenvalue weighted by Crippen LogP contribution is 2.12. The Labute approximate surface area is 133 Å². The van der Waals surface area contributed by atoms with E-state index in [1.54, 1.807) is 0 Å². The number of rotatable bonds is 16. The Bertz CT molecular complexity index is 216. The predicted molar refractivity (Wildman–Crippen MR) is 94.5 cm³/mol. The number of allylic oxidation sites excluding steroid dienone is 1. The molecule has 1 atom stereocenters. The van der Waals surface area contributed by atoms with Crippen LogP contribution in [0, 0.1) is 0 Å². The fourth-order valence-corrected chi connectivity index (χ4v) is 2.61. The second kappa shape index (κ2) is 17.7. The molecular weight excluding hydrogens is 258 g/mol. The van der Waals surface area contributed by atoms with Crippen LogP contribution in [0.5, 0.6) is 0 Å². The van der Waals surface area contributed by atoms with E-state index in [1.165, 1.54) is 83.5 Å². The Hall–Kier alpha value is -0.340. The summed E-state index contributed by atoms with van der Waals surface area (Å²) < 4.78 is 0. The SMILES string of the molecule is CCCCCCCCCCCCCCC/C=C/C(N)CO. The first-order valence-electron chi connectivity index (χ1n) is 9.34. The Morgan fingerprint density at radius 3 is 1.62 bits per heavy atom. The lowest BCUT2D eigenvalue weighted by Crippen LogP contribution is -2.20. The summed E-state index contributed by atoms with van der Waals surface area (Å²) in [5, 5.41) is 8.77. The zero-order valence-electron chi connectivity index (χ0n) is 14.4. The summed E-state index contributed by atoms with van der Waals surface area (Å²) in [7, 11) is 0. The van der Waals surface area contributed by atoms with E-state index in [1.807, 2.05) is 6.08 Å². The summed E-state index contributed by atoms with van der Waals surface area (Å²) in [5.74, 6) is 0. The van der Waals surface area contributed by atoms with Gasteiger partial charge in [-0.05, 0) is 12.8 Å². The van der Waals surface area contributed by atoms with Crippen LogP contribution in [0.4, 0.5) is 0 Å². The monoisotopic (exact) mass is 297 g/mol. The van der Waals surface area contributed by atoms with Crippen LogP contribution < -0.4 is 5.73 Å². The molecule has 0 rings (SSSR count). The maximum atomic E-state index is 8.77. The molecule has 0 aromatic carbocycles. The zero-order valence-corrected chi connectivity index (χ0v) is 14.4. The molecule has 0 saturated heterocycles. The van der Waals surface area contributed by atoms with E-state index in [-0.39, 0.29) is 12.6 Å². The first-order chi connectivity index (χ1) is 10.3. The lowest BCUT2D eigenvalue weighted by Gasteiger charge is -2.03. The van der Waals surface area contributed by atoms with Crippen LogP contribution in [0.15, 0.2) is 12.2 Å². The number of unbranched alkanes of at least 4 members (excludes halogenated alkanes) is 13. The quantitative estimate of drug-likeness (QED) is 0.298. The second-order valence-electron chi connectivity index (χ2n) is 6.31. The maximum Gasteiger partial charge on any atom is 0.0618 e. The topological polar surface area (TPSA) is 46.2 Å². The summed E-state index contributed by atoms with van der Waals surface area (Å²) in [6, 6.07) is -0.174. The van der Waals surface area contributed by atoms with Gasteiger partial charge in [0.15, 0.2) is 0 Å². The van der Waals surface area contributed by atoms with Crippen LogP contribution in [-0.2, 0) is 0 Å². The van der Waals surface area contributed by atoms with Crippen LogP contribution in [0.1, 0.15) is 96.8 Å². The van der Waals surface area contributed by atoms with Gasteiger partial charge < -0.3 is 10.8 Å². The van der Waals surface area contributed by atoms with Gasteiger partial charge in [-0.25, -0.2) is 0 Å². The smallest absolute Gasteiger partial charge is 0.0618 e. The molecule has 0 radical (unpaired) electrons. The van der Waals surface area contributed by atoms with Crippen molar-refractivity contribution in [2.45, 2.75) is 103 Å². The van der Waals surface area contributed by atoms with Gasteiger partial charge in [0.1, 0.15) is 0 Å². The van der Waals surface area contributed by atoms with Crippen molar-refractivity contribution < 1.29 is 5.11 Å². The number of aliphatic hydroxyl groups excluding tert-OH is 1. The van der Waals surface area contributed by atoms with Gasteiger partial charge in [-0.2, -0.15) is 0 Å². The second-order valence-corrected chi connectivity index (χ2v) is 6.31. The van der Waals surface area contributed by atoms with Crippen molar-refractivity contribution in [3.05, 3.63) is 12.2 Å². The van der Waals surface area contributed by atoms with Crippen molar-refractivity contribution in [2.24, 2.45) is 5.73 Å². The number of hydrogen-bond donors (Lipinski definition) is 2. The number of hydrogen-bond acceptors (Lipinski definition) is 2. The highest BCUT2D eigenvalue weighted by atomic mass is 16.3. The average Bonchev–Trinajstić information content (AvgIpc) is 2.50. The van der Waals surface area contributed by atoms with E-state index in [0.717, 1.165) is 6.42 Å². The maximum absolute atomic E-state index is 8.77. The fourth-order valence-electron chi connectivity index (χ4n) is 2.61. The molecule has 3 N–H and O–H groups in total. The van der Waals surface area contributed by atoms with Gasteiger partial charge in [-0.1, -0.05) is 96.1 Å². The van der Waals surface area contributed by atoms with Crippen LogP contribution in [0.25, 0.3) is 0 Å². The molecule has 0 aromatic rings. The van der Waals surface area contributed by atoms with E-state index in [4.69, 9.17) is 10.8 Å². The van der Waals surface area contributed by atoms with Gasteiger partial charge in [0.2, 0.25) is 0 Å². The van der Waals surface area contributed by atoms with Gasteiger partial charge >= 0.3 is 0 Å². The molecule has 2 heteroatoms. The van der Waals surface area contributed by atoms with Gasteiger partial charge in [-0.15, -0.1) is 0 Å². The minimum absolute atomic E-state index is 0.0507. The minimum atomic E-state index is -0.174. The van der Waals surface area contributed by atoms with Crippen molar-refractivity contribution >= 4 is 0 Å². The van der Waals surface area contributed by atoms with Crippen molar-refractivity contribution in [1.29, 1.82) is 0 Å². The van der Waals surface area contributed by atoms with E-state index < -0.39 is 0 Å². The molecule has 0 aliphatic carbocycles. The lowest BCUT2D eigenvalue weighted by atomic mass is 10.0. The van der Waals surface area contributed by atoms with Gasteiger partial charge in [0.25, 0.3) is 0 Å². The van der Waals surface area contributed by atoms with E-state index in [2.05, 4.69) is 13.0 Å². The molecule has 1 unspecified atom stereocenters. The van der Waals surface area contributed by atoms with Crippen molar-refractivity contribution in [3.8, 4) is 0 Å². The van der Waals surface area contributed by atoms with Crippen LogP contribution >= 0.6 is 0 Å². The minimum Gasteiger partial charge on any atom is -0.394 e. The molecule has 0 bridgehead atoms. The summed E-state index contributed by atoms with van der Waals surface area (Å²) in [5.41, 5.74) is 5.59. The molecule has 21 heavy (non-hydrogen) atoms. The first kappa shape index (κ1) is 20.7. The zero-order chi connectivity index (χ0) is 15.6. The first-order valence-corrected chi connectivity index (χ1v) is 9.34. The Kier molecular flexibility index (Phi) is 17.4. The number of aliphatic hydroxyl groups is 1. The molecule has 2 nitrogen and oxygen atoms in total. The summed E-state index contributed by atoms with van der Waals surface area (Å²) >= 11 is 0. The molecule has 126 valence electrons. The summed E-state index contributed by atoms with van der Waals surface area (Å²) in [6.07, 6.45) is 23.3. The van der Waals surface area contributed by atoms with Crippen LogP contribution in [0.3, 0.4) is 0 Å². The lowest BCUT2D eigenvalue weighted by molar-refractivity contribution is 0.284. The van der Waals surface area contributed by atoms with E-state index >= 15 is 0 Å². The molecule has 0 aromatic heterocycles. The molecule has 0 heterocycles. The molecule has 0 fully saturated rings. The van der Waals surface area contributed by atoms with Gasteiger partial charge in [0, 0.05) is 6.04 Å². The Balaban J connectivity index is 3.04. The largest absolute Gasteiger partial charge is 0.394 e. The Morgan fingerprint density at radius 2 is 1.19 bits per heavy atom. The van der Waals surface area contributed by atoms with Crippen LogP contribution in [-0.4, -0.2) is 17.8 Å². The molecule has 0 aliphatic rings. The highest BCUT2D eigenvalue weighted by Gasteiger charge is 1.94. The molecular formula is C19H39NO. The third-order valence-corrected chi connectivity index (χ3v) is 4.07. The Morgan fingerprint density at radius 1 is 0.762 bits per heavy atom. The average molecular weight is 298 g/mol. The molecule has 0 amide bonds. The van der Waals surface area contributed by atoms with Gasteiger partial charge in [-0.3, -0.25) is 0 Å². The standard InChI is InChI=1S/C19H39NO/c1-2-3-4-5-6-7-8-9-10-11-12-13-14-15-16-17-19(20)18-21/h16-17,19,21H,2-15,18,20H2,1H3/b17-16+. The van der Waals surface area contributed by atoms with Crippen molar-refractivity contribution in [3.63, 3.8) is 0 Å². The van der Waals surface area contributed by atoms with Crippen LogP contribution in [0.2, 0.25) is 0 Å². The molecule has 0 aliphatic heterocycles. The van der Waals surface area contributed by atoms with Gasteiger partial charge in [0.05, 0.1) is 6.61 Å². The normalized spacial score (nSPS) is 13.1. The predicted octanol–water partition coefficient (Wildman–Crippen LogP) is 5.34. The third-order valence-electron chi connectivity index (χ3n) is 4.07. The summed E-state index contributed by atoms with van der Waals surface area (Å²) in [4.78, 5) is 0. The van der Waals surface area contributed by atoms with E-state index in [9.17, 15) is 0 Å². The molecule has 0 spiro atoms. The fraction of sp³-hybridized carbons (Fsp3) is 0.895. The van der Waals surface area contributed by atoms with Crippen molar-refractivity contribution in [2.75, 3.05) is 6.61 Å². The third kappa shape index (κ3) is 17.6. The highest BCUT2D eigenvalue weighted by molar-refractivity contribution is 4.90. The summed E-state index contributed by atoms with van der Waals surface area (Å²) in [6.45, 7) is 2.33. The molecule has 0 saturated carbocycles.